The predicted molar refractivity (Wildman–Crippen MR) is 111 cm³/mol. The summed E-state index contributed by atoms with van der Waals surface area (Å²) in [5.74, 6) is -12.2. The van der Waals surface area contributed by atoms with E-state index in [2.05, 4.69) is 0 Å². The van der Waals surface area contributed by atoms with Crippen molar-refractivity contribution in [2.75, 3.05) is 11.5 Å². The molecule has 0 aromatic heterocycles. The largest absolute Gasteiger partial charge is 0.479 e. The van der Waals surface area contributed by atoms with Crippen LogP contribution in [0.25, 0.3) is 0 Å². The van der Waals surface area contributed by atoms with E-state index in [-0.39, 0.29) is 31.4 Å². The fourth-order valence-corrected chi connectivity index (χ4v) is 9.06. The zero-order valence-electron chi connectivity index (χ0n) is 16.6. The summed E-state index contributed by atoms with van der Waals surface area (Å²) in [7, 11) is -11.3. The van der Waals surface area contributed by atoms with Gasteiger partial charge in [0, 0.05) is 25.7 Å². The summed E-state index contributed by atoms with van der Waals surface area (Å²) < 4.78 is 67.2. The molecule has 0 aliphatic carbocycles. The normalized spacial score (nSPS) is 21.0. The molecule has 0 aromatic rings. The Morgan fingerprint density at radius 3 is 1.09 bits per heavy atom. The Morgan fingerprint density at radius 1 is 0.676 bits per heavy atom. The lowest BCUT2D eigenvalue weighted by atomic mass is 10.3. The Morgan fingerprint density at radius 2 is 0.912 bits per heavy atom. The van der Waals surface area contributed by atoms with E-state index in [1.54, 1.807) is 0 Å². The number of carbonyl (C=O) groups excluding carboxylic acids is 4. The summed E-state index contributed by atoms with van der Waals surface area (Å²) in [6, 6.07) is 0. The van der Waals surface area contributed by atoms with Crippen LogP contribution in [0.15, 0.2) is 0 Å². The summed E-state index contributed by atoms with van der Waals surface area (Å²) in [5, 5.41) is 19.1. The number of amides is 4. The third-order valence-corrected chi connectivity index (χ3v) is 10.5. The number of imide groups is 2. The van der Waals surface area contributed by atoms with Gasteiger partial charge in [0.2, 0.25) is 23.6 Å². The molecule has 20 heteroatoms. The van der Waals surface area contributed by atoms with Gasteiger partial charge in [-0.15, -0.1) is 0 Å². The number of likely N-dealkylation sites (tertiary alicyclic amines) is 2. The maximum Gasteiger partial charge on any atom is 0.349 e. The van der Waals surface area contributed by atoms with Crippen molar-refractivity contribution in [2.24, 2.45) is 0 Å². The molecule has 0 saturated carbocycles. The van der Waals surface area contributed by atoms with E-state index < -0.39 is 103 Å². The summed E-state index contributed by atoms with van der Waals surface area (Å²) in [6.45, 7) is 0. The monoisotopic (exact) mass is 564 g/mol. The maximum absolute atomic E-state index is 12.0. The lowest BCUT2D eigenvalue weighted by Gasteiger charge is -2.34. The Balaban J connectivity index is 2.43. The molecule has 2 fully saturated rings. The second-order valence-corrected chi connectivity index (χ2v) is 12.6. The van der Waals surface area contributed by atoms with E-state index in [0.29, 0.717) is 0 Å². The smallest absolute Gasteiger partial charge is 0.349 e. The number of rotatable bonds is 11. The minimum Gasteiger partial charge on any atom is -0.479 e. The van der Waals surface area contributed by atoms with Crippen molar-refractivity contribution in [3.05, 3.63) is 0 Å². The van der Waals surface area contributed by atoms with Crippen LogP contribution in [0.3, 0.4) is 0 Å². The molecule has 2 saturated heterocycles. The van der Waals surface area contributed by atoms with Gasteiger partial charge >= 0.3 is 32.2 Å². The molecule has 0 unspecified atom stereocenters. The highest BCUT2D eigenvalue weighted by atomic mass is 33.1. The van der Waals surface area contributed by atoms with Crippen molar-refractivity contribution in [2.45, 2.75) is 35.4 Å². The molecule has 2 atom stereocenters. The summed E-state index contributed by atoms with van der Waals surface area (Å²) in [6.07, 6.45) is -2.20. The Hall–Kier alpha value is -2.26. The summed E-state index contributed by atoms with van der Waals surface area (Å²) in [4.78, 5) is 64.4. The average Bonchev–Trinajstić information content (AvgIpc) is 3.18. The van der Waals surface area contributed by atoms with Crippen LogP contribution < -0.4 is 0 Å². The molecule has 4 N–H and O–H groups in total. The molecule has 4 amide bonds. The van der Waals surface area contributed by atoms with E-state index >= 15 is 0 Å². The first-order valence-corrected chi connectivity index (χ1v) is 14.2. The molecule has 0 radical (unpaired) electrons. The summed E-state index contributed by atoms with van der Waals surface area (Å²) >= 11 is 0. The zero-order valence-corrected chi connectivity index (χ0v) is 19.9. The second kappa shape index (κ2) is 9.41. The van der Waals surface area contributed by atoms with Crippen molar-refractivity contribution in [3.8, 4) is 0 Å². The van der Waals surface area contributed by atoms with Gasteiger partial charge in [-0.05, 0) is 0 Å². The maximum atomic E-state index is 12.0. The van der Waals surface area contributed by atoms with E-state index in [1.165, 1.54) is 0 Å². The molecule has 0 aromatic carbocycles. The molecule has 0 spiro atoms. The minimum atomic E-state index is -5.72. The number of hydrogen-bond donors (Lipinski definition) is 4. The van der Waals surface area contributed by atoms with Crippen LogP contribution in [0.1, 0.15) is 25.7 Å². The fourth-order valence-electron chi connectivity index (χ4n) is 3.25. The number of carbonyl (C=O) groups is 6. The summed E-state index contributed by atoms with van der Waals surface area (Å²) in [5.41, 5.74) is 0. The van der Waals surface area contributed by atoms with Crippen molar-refractivity contribution < 1.29 is 64.9 Å². The Bertz CT molecular complexity index is 1060. The van der Waals surface area contributed by atoms with E-state index in [9.17, 15) is 64.9 Å². The van der Waals surface area contributed by atoms with Gasteiger partial charge < -0.3 is 10.2 Å². The van der Waals surface area contributed by atoms with Crippen LogP contribution in [0.4, 0.5) is 0 Å². The number of aliphatic carboxylic acids is 2. The Labute approximate surface area is 198 Å². The lowest BCUT2D eigenvalue weighted by Crippen LogP contribution is -2.64. The van der Waals surface area contributed by atoms with E-state index in [1.807, 2.05) is 0 Å². The number of carboxylic acids is 2. The van der Waals surface area contributed by atoms with Gasteiger partial charge in [-0.1, -0.05) is 21.6 Å². The molecular weight excluding hydrogens is 548 g/mol. The highest BCUT2D eigenvalue weighted by molar-refractivity contribution is 8.76. The molecule has 2 heterocycles. The molecule has 190 valence electrons. The third kappa shape index (κ3) is 4.40. The van der Waals surface area contributed by atoms with Gasteiger partial charge in [0.1, 0.15) is 0 Å². The molecule has 0 bridgehead atoms. The molecular formula is C14H16N2O14S4. The molecule has 16 nitrogen and oxygen atoms in total. The first kappa shape index (κ1) is 28.0. The number of hydrogen-bond acceptors (Lipinski definition) is 12. The first-order valence-electron chi connectivity index (χ1n) is 8.82. The molecule has 2 aliphatic heterocycles. The van der Waals surface area contributed by atoms with Gasteiger partial charge in [-0.3, -0.25) is 28.3 Å². The Kier molecular flexibility index (Phi) is 7.75. The number of nitrogens with zero attached hydrogens (tertiary/aromatic N) is 2. The molecule has 34 heavy (non-hydrogen) atoms. The van der Waals surface area contributed by atoms with Gasteiger partial charge in [0.05, 0.1) is 11.5 Å². The van der Waals surface area contributed by atoms with Crippen LogP contribution in [0, 0.1) is 0 Å². The van der Waals surface area contributed by atoms with Gasteiger partial charge in [0.15, 0.2) is 0 Å². The van der Waals surface area contributed by atoms with Crippen LogP contribution in [-0.2, 0) is 49.0 Å². The lowest BCUT2D eigenvalue weighted by molar-refractivity contribution is -0.156. The number of carboxylic acid groups (broad SMARTS) is 2. The first-order chi connectivity index (χ1) is 15.4. The van der Waals surface area contributed by atoms with E-state index in [0.717, 1.165) is 0 Å². The van der Waals surface area contributed by atoms with Gasteiger partial charge in [0.25, 0.3) is 9.74 Å². The van der Waals surface area contributed by atoms with Crippen molar-refractivity contribution >= 4 is 77.4 Å². The highest BCUT2D eigenvalue weighted by Crippen LogP contribution is 2.40. The highest BCUT2D eigenvalue weighted by Gasteiger charge is 2.63. The van der Waals surface area contributed by atoms with Crippen LogP contribution in [0.2, 0.25) is 0 Å². The van der Waals surface area contributed by atoms with E-state index in [4.69, 9.17) is 0 Å². The van der Waals surface area contributed by atoms with Crippen molar-refractivity contribution in [1.82, 2.24) is 9.80 Å². The quantitative estimate of drug-likeness (QED) is 0.0915. The minimum absolute atomic E-state index is 0.0904. The van der Waals surface area contributed by atoms with Crippen molar-refractivity contribution in [3.63, 3.8) is 0 Å². The average molecular weight is 565 g/mol. The predicted octanol–water partition coefficient (Wildman–Crippen LogP) is -2.00. The van der Waals surface area contributed by atoms with Crippen LogP contribution in [-0.4, -0.2) is 103 Å². The fraction of sp³-hybridized carbons (Fsp3) is 0.571. The van der Waals surface area contributed by atoms with Crippen LogP contribution in [0.5, 0.6) is 0 Å². The van der Waals surface area contributed by atoms with Gasteiger partial charge in [-0.2, -0.15) is 16.8 Å². The third-order valence-electron chi connectivity index (χ3n) is 4.94. The standard InChI is InChI=1S/C14H16N2O14S4/c17-7-1-2-8(18)15(7)13(11(21)22,33(25,26)27)5-31-32-6-14(12(23)24,34(28,29)30)16-9(19)3-4-10(16)20/h1-6H2,(H,21,22)(H,23,24)(H,25,26,27)(H,28,29,30)/t13-,14-/m1/s1. The molecule has 2 rings (SSSR count). The second-order valence-electron chi connectivity index (χ2n) is 6.90. The zero-order chi connectivity index (χ0) is 26.3. The SMILES string of the molecule is O=C1CCC(=O)N1[C@@](CSSC[C@@](C(=O)O)(N1C(=O)CCC1=O)S(=O)(=O)O)(C(=O)O)S(=O)(=O)O. The van der Waals surface area contributed by atoms with Crippen LogP contribution >= 0.6 is 21.6 Å². The van der Waals surface area contributed by atoms with Crippen molar-refractivity contribution in [1.29, 1.82) is 0 Å². The topological polar surface area (TPSA) is 258 Å². The van der Waals surface area contributed by atoms with Gasteiger partial charge in [-0.25, -0.2) is 19.4 Å². The molecule has 2 aliphatic rings.